The minimum Gasteiger partial charge on any atom is -0.494 e. The summed E-state index contributed by atoms with van der Waals surface area (Å²) in [5.41, 5.74) is 0.353. The first kappa shape index (κ1) is 22.7. The predicted molar refractivity (Wildman–Crippen MR) is 119 cm³/mol. The van der Waals surface area contributed by atoms with Crippen molar-refractivity contribution >= 4 is 40.5 Å². The van der Waals surface area contributed by atoms with E-state index in [9.17, 15) is 19.7 Å². The maximum atomic E-state index is 13.0. The normalized spacial score (nSPS) is 19.0. The molecule has 168 valence electrons. The number of non-ortho nitro benzene ring substituents is 1. The quantitative estimate of drug-likeness (QED) is 0.384. The van der Waals surface area contributed by atoms with E-state index in [2.05, 4.69) is 10.6 Å². The number of nitro benzene ring substituents is 1. The molecule has 2 fully saturated rings. The lowest BCUT2D eigenvalue weighted by molar-refractivity contribution is -0.384. The van der Waals surface area contributed by atoms with Crippen molar-refractivity contribution in [1.29, 1.82) is 0 Å². The number of thiocarbonyl (C=S) groups is 1. The minimum atomic E-state index is -0.544. The van der Waals surface area contributed by atoms with Gasteiger partial charge in [-0.25, -0.2) is 0 Å². The lowest BCUT2D eigenvalue weighted by Crippen LogP contribution is -2.51. The molecule has 10 nitrogen and oxygen atoms in total. The van der Waals surface area contributed by atoms with Gasteiger partial charge < -0.3 is 25.2 Å². The molecule has 0 aromatic heterocycles. The van der Waals surface area contributed by atoms with Crippen LogP contribution in [0.4, 0.5) is 11.4 Å². The number of carbonyl (C=O) groups is 2. The highest BCUT2D eigenvalue weighted by Gasteiger charge is 2.30. The van der Waals surface area contributed by atoms with Gasteiger partial charge in [-0.15, -0.1) is 0 Å². The van der Waals surface area contributed by atoms with Crippen LogP contribution in [0.15, 0.2) is 18.2 Å². The van der Waals surface area contributed by atoms with Crippen molar-refractivity contribution in [1.82, 2.24) is 15.1 Å². The van der Waals surface area contributed by atoms with Gasteiger partial charge in [0, 0.05) is 25.7 Å². The van der Waals surface area contributed by atoms with Crippen LogP contribution in [-0.4, -0.2) is 71.0 Å². The van der Waals surface area contributed by atoms with Crippen LogP contribution in [0.3, 0.4) is 0 Å². The largest absolute Gasteiger partial charge is 0.494 e. The van der Waals surface area contributed by atoms with E-state index in [-0.39, 0.29) is 34.9 Å². The average Bonchev–Trinajstić information content (AvgIpc) is 3.24. The molecule has 1 unspecified atom stereocenters. The van der Waals surface area contributed by atoms with Crippen LogP contribution in [0.25, 0.3) is 0 Å². The first-order valence-corrected chi connectivity index (χ1v) is 10.8. The summed E-state index contributed by atoms with van der Waals surface area (Å²) in [5, 5.41) is 17.1. The third kappa shape index (κ3) is 5.81. The average molecular weight is 450 g/mol. The Bertz CT molecular complexity index is 858. The summed E-state index contributed by atoms with van der Waals surface area (Å²) in [5.74, 6) is 0.107. The van der Waals surface area contributed by atoms with E-state index >= 15 is 0 Å². The van der Waals surface area contributed by atoms with E-state index in [1.54, 1.807) is 4.90 Å². The number of nitrogens with one attached hydrogen (secondary N) is 2. The summed E-state index contributed by atoms with van der Waals surface area (Å²) in [7, 11) is 1.41. The van der Waals surface area contributed by atoms with E-state index in [1.807, 2.05) is 4.90 Å². The second-order valence-electron chi connectivity index (χ2n) is 7.64. The number of anilines is 1. The molecule has 3 rings (SSSR count). The highest BCUT2D eigenvalue weighted by molar-refractivity contribution is 7.80. The molecule has 0 saturated carbocycles. The van der Waals surface area contributed by atoms with Gasteiger partial charge in [0.15, 0.2) is 5.11 Å². The fraction of sp³-hybridized carbons (Fsp3) is 0.550. The summed E-state index contributed by atoms with van der Waals surface area (Å²) >= 11 is 5.36. The number of amides is 2. The smallest absolute Gasteiger partial charge is 0.273 e. The molecule has 2 heterocycles. The molecule has 2 aliphatic rings. The monoisotopic (exact) mass is 449 g/mol. The molecular formula is C20H27N5O5S. The van der Waals surface area contributed by atoms with Crippen LogP contribution in [0.2, 0.25) is 0 Å². The molecule has 0 aliphatic carbocycles. The van der Waals surface area contributed by atoms with Gasteiger partial charge in [0.25, 0.3) is 5.69 Å². The maximum Gasteiger partial charge on any atom is 0.273 e. The molecule has 31 heavy (non-hydrogen) atoms. The molecule has 1 aromatic carbocycles. The number of hydrogen-bond donors (Lipinski definition) is 2. The lowest BCUT2D eigenvalue weighted by atomic mass is 10.1. The van der Waals surface area contributed by atoms with Gasteiger partial charge in [-0.3, -0.25) is 19.7 Å². The third-order valence-corrected chi connectivity index (χ3v) is 5.73. The number of nitro groups is 1. The molecule has 2 aliphatic heterocycles. The molecule has 1 atom stereocenters. The Hall–Kier alpha value is -2.95. The molecule has 2 amide bonds. The fourth-order valence-electron chi connectivity index (χ4n) is 3.84. The number of nitrogens with zero attached hydrogens (tertiary/aromatic N) is 3. The van der Waals surface area contributed by atoms with Crippen molar-refractivity contribution in [2.45, 2.75) is 38.1 Å². The fourth-order valence-corrected chi connectivity index (χ4v) is 4.09. The van der Waals surface area contributed by atoms with E-state index in [4.69, 9.17) is 17.0 Å². The highest BCUT2D eigenvalue weighted by atomic mass is 32.1. The van der Waals surface area contributed by atoms with Crippen molar-refractivity contribution in [2.75, 3.05) is 38.6 Å². The zero-order chi connectivity index (χ0) is 22.4. The summed E-state index contributed by atoms with van der Waals surface area (Å²) < 4.78 is 5.21. The Kier molecular flexibility index (Phi) is 7.61. The molecular weight excluding hydrogens is 422 g/mol. The van der Waals surface area contributed by atoms with Crippen LogP contribution in [0.1, 0.15) is 32.1 Å². The van der Waals surface area contributed by atoms with Crippen molar-refractivity contribution in [3.63, 3.8) is 0 Å². The van der Waals surface area contributed by atoms with Gasteiger partial charge in [0.05, 0.1) is 30.3 Å². The zero-order valence-corrected chi connectivity index (χ0v) is 18.3. The van der Waals surface area contributed by atoms with Gasteiger partial charge in [-0.05, 0) is 50.4 Å². The second-order valence-corrected chi connectivity index (χ2v) is 8.04. The van der Waals surface area contributed by atoms with Crippen LogP contribution in [0, 0.1) is 10.1 Å². The lowest BCUT2D eigenvalue weighted by Gasteiger charge is -2.27. The molecule has 11 heteroatoms. The van der Waals surface area contributed by atoms with Gasteiger partial charge in [0.1, 0.15) is 11.8 Å². The number of methoxy groups -OCH3 is 1. The van der Waals surface area contributed by atoms with E-state index in [1.165, 1.54) is 25.3 Å². The number of rotatable bonds is 6. The van der Waals surface area contributed by atoms with E-state index in [0.29, 0.717) is 18.7 Å². The van der Waals surface area contributed by atoms with Crippen molar-refractivity contribution in [3.05, 3.63) is 28.3 Å². The number of likely N-dealkylation sites (tertiary alicyclic amines) is 2. The molecule has 1 aromatic rings. The Morgan fingerprint density at radius 3 is 2.65 bits per heavy atom. The molecule has 0 spiro atoms. The third-order valence-electron chi connectivity index (χ3n) is 5.51. The standard InChI is InChI=1S/C20H27N5O5S/c1-30-17-12-14(25(28)29)7-8-15(17)21-20(31)22-16-6-2-3-11-24(19(16)27)13-18(26)23-9-4-5-10-23/h7-8,12,16H,2-6,9-11,13H2,1H3,(H2,21,22,31). The summed E-state index contributed by atoms with van der Waals surface area (Å²) in [6, 6.07) is 3.60. The van der Waals surface area contributed by atoms with E-state index in [0.717, 1.165) is 38.8 Å². The summed E-state index contributed by atoms with van der Waals surface area (Å²) in [6.45, 7) is 2.15. The second kappa shape index (κ2) is 10.4. The van der Waals surface area contributed by atoms with Crippen LogP contribution >= 0.6 is 12.2 Å². The van der Waals surface area contributed by atoms with Crippen LogP contribution in [-0.2, 0) is 9.59 Å². The number of carbonyl (C=O) groups excluding carboxylic acids is 2. The Balaban J connectivity index is 1.62. The first-order chi connectivity index (χ1) is 14.9. The predicted octanol–water partition coefficient (Wildman–Crippen LogP) is 1.89. The Morgan fingerprint density at radius 2 is 1.97 bits per heavy atom. The maximum absolute atomic E-state index is 13.0. The van der Waals surface area contributed by atoms with Gasteiger partial charge >= 0.3 is 0 Å². The Labute approximate surface area is 186 Å². The first-order valence-electron chi connectivity index (χ1n) is 10.4. The van der Waals surface area contributed by atoms with Crippen molar-refractivity contribution < 1.29 is 19.2 Å². The SMILES string of the molecule is COc1cc([N+](=O)[O-])ccc1NC(=S)NC1CCCCN(CC(=O)N2CCCC2)C1=O. The van der Waals surface area contributed by atoms with Gasteiger partial charge in [0.2, 0.25) is 11.8 Å². The molecule has 2 N–H and O–H groups in total. The van der Waals surface area contributed by atoms with Gasteiger partial charge in [-0.1, -0.05) is 0 Å². The summed E-state index contributed by atoms with van der Waals surface area (Å²) in [6.07, 6.45) is 4.28. The zero-order valence-electron chi connectivity index (χ0n) is 17.5. The van der Waals surface area contributed by atoms with Crippen LogP contribution in [0.5, 0.6) is 5.75 Å². The van der Waals surface area contributed by atoms with Crippen molar-refractivity contribution in [3.8, 4) is 5.75 Å². The molecule has 2 saturated heterocycles. The highest BCUT2D eigenvalue weighted by Crippen LogP contribution is 2.29. The molecule has 0 bridgehead atoms. The number of benzene rings is 1. The van der Waals surface area contributed by atoms with Crippen LogP contribution < -0.4 is 15.4 Å². The minimum absolute atomic E-state index is 0.0113. The number of hydrogen-bond acceptors (Lipinski definition) is 6. The Morgan fingerprint density at radius 1 is 1.26 bits per heavy atom. The number of ether oxygens (including phenoxy) is 1. The van der Waals surface area contributed by atoms with Crippen molar-refractivity contribution in [2.24, 2.45) is 0 Å². The van der Waals surface area contributed by atoms with E-state index < -0.39 is 11.0 Å². The topological polar surface area (TPSA) is 117 Å². The molecule has 0 radical (unpaired) electrons. The summed E-state index contributed by atoms with van der Waals surface area (Å²) in [4.78, 5) is 39.4. The van der Waals surface area contributed by atoms with Gasteiger partial charge in [-0.2, -0.15) is 0 Å².